The van der Waals surface area contributed by atoms with Gasteiger partial charge in [0.15, 0.2) is 11.5 Å². The van der Waals surface area contributed by atoms with E-state index in [1.807, 2.05) is 7.05 Å². The fraction of sp³-hybridized carbons (Fsp3) is 0.250. The monoisotopic (exact) mass is 323 g/mol. The molecule has 0 heterocycles. The topological polar surface area (TPSA) is 50.7 Å². The first kappa shape index (κ1) is 16.5. The van der Waals surface area contributed by atoms with Gasteiger partial charge in [-0.25, -0.2) is 4.39 Å². The standard InChI is InChI=1S/C16H19FNO3P/c1-18-9-10-6-11(17)4-5-14(10)22-15-8-12(20-2)7-13(21-3)16(15)19/h4-8,18-19,22H,9H2,1-3H3. The number of nitrogens with one attached hydrogen (secondary N) is 1. The zero-order valence-electron chi connectivity index (χ0n) is 12.7. The molecule has 4 nitrogen and oxygen atoms in total. The smallest absolute Gasteiger partial charge is 0.165 e. The molecule has 0 aliphatic heterocycles. The minimum absolute atomic E-state index is 0.0846. The van der Waals surface area contributed by atoms with E-state index in [0.717, 1.165) is 10.9 Å². The predicted octanol–water partition coefficient (Wildman–Crippen LogP) is 1.90. The summed E-state index contributed by atoms with van der Waals surface area (Å²) in [4.78, 5) is 0. The van der Waals surface area contributed by atoms with Gasteiger partial charge in [-0.1, -0.05) is 14.6 Å². The first-order valence-corrected chi connectivity index (χ1v) is 7.74. The van der Waals surface area contributed by atoms with Crippen molar-refractivity contribution < 1.29 is 19.0 Å². The van der Waals surface area contributed by atoms with E-state index in [1.54, 1.807) is 25.3 Å². The van der Waals surface area contributed by atoms with Crippen LogP contribution in [0.15, 0.2) is 30.3 Å². The molecule has 2 aromatic rings. The van der Waals surface area contributed by atoms with E-state index in [0.29, 0.717) is 23.3 Å². The molecular weight excluding hydrogens is 304 g/mol. The van der Waals surface area contributed by atoms with Gasteiger partial charge in [0.1, 0.15) is 11.6 Å². The minimum Gasteiger partial charge on any atom is -0.504 e. The zero-order valence-corrected chi connectivity index (χ0v) is 13.7. The van der Waals surface area contributed by atoms with Crippen LogP contribution in [0.5, 0.6) is 17.2 Å². The summed E-state index contributed by atoms with van der Waals surface area (Å²) in [5, 5.41) is 15.0. The average molecular weight is 323 g/mol. The van der Waals surface area contributed by atoms with E-state index in [9.17, 15) is 9.50 Å². The van der Waals surface area contributed by atoms with Crippen molar-refractivity contribution in [3.05, 3.63) is 41.7 Å². The quantitative estimate of drug-likeness (QED) is 0.797. The lowest BCUT2D eigenvalue weighted by Crippen LogP contribution is -2.16. The Bertz CT molecular complexity index is 664. The van der Waals surface area contributed by atoms with Gasteiger partial charge in [0, 0.05) is 17.9 Å². The molecule has 2 N–H and O–H groups in total. The Morgan fingerprint density at radius 3 is 2.55 bits per heavy atom. The summed E-state index contributed by atoms with van der Waals surface area (Å²) in [5.74, 6) is 0.779. The fourth-order valence-electron chi connectivity index (χ4n) is 2.12. The van der Waals surface area contributed by atoms with Crippen molar-refractivity contribution in [2.75, 3.05) is 21.3 Å². The summed E-state index contributed by atoms with van der Waals surface area (Å²) in [6, 6.07) is 8.07. The number of hydrogen-bond acceptors (Lipinski definition) is 4. The molecular formula is C16H19FNO3P. The van der Waals surface area contributed by atoms with Crippen molar-refractivity contribution in [1.29, 1.82) is 0 Å². The van der Waals surface area contributed by atoms with Crippen LogP contribution in [-0.4, -0.2) is 26.4 Å². The first-order chi connectivity index (χ1) is 10.6. The molecule has 118 valence electrons. The third-order valence-corrected chi connectivity index (χ3v) is 4.62. The van der Waals surface area contributed by atoms with Gasteiger partial charge >= 0.3 is 0 Å². The molecule has 1 atom stereocenters. The van der Waals surface area contributed by atoms with Crippen LogP contribution < -0.4 is 25.4 Å². The van der Waals surface area contributed by atoms with E-state index in [2.05, 4.69) is 5.32 Å². The third-order valence-electron chi connectivity index (χ3n) is 3.21. The van der Waals surface area contributed by atoms with Gasteiger partial charge in [0.25, 0.3) is 0 Å². The maximum atomic E-state index is 13.4. The molecule has 0 amide bonds. The van der Waals surface area contributed by atoms with Crippen LogP contribution in [0.25, 0.3) is 0 Å². The Kier molecular flexibility index (Phi) is 5.58. The lowest BCUT2D eigenvalue weighted by Gasteiger charge is -2.14. The van der Waals surface area contributed by atoms with Crippen LogP contribution in [0.1, 0.15) is 5.56 Å². The van der Waals surface area contributed by atoms with Crippen molar-refractivity contribution in [3.63, 3.8) is 0 Å². The molecule has 0 aliphatic rings. The molecule has 2 rings (SSSR count). The SMILES string of the molecule is CNCc1cc(F)ccc1Pc1cc(OC)cc(OC)c1O. The highest BCUT2D eigenvalue weighted by molar-refractivity contribution is 7.55. The van der Waals surface area contributed by atoms with Gasteiger partial charge in [-0.15, -0.1) is 0 Å². The molecule has 2 aromatic carbocycles. The summed E-state index contributed by atoms with van der Waals surface area (Å²) in [6.07, 6.45) is 0. The Morgan fingerprint density at radius 1 is 1.14 bits per heavy atom. The molecule has 0 saturated carbocycles. The van der Waals surface area contributed by atoms with Crippen LogP contribution in [0, 0.1) is 5.82 Å². The minimum atomic E-state index is -0.272. The fourth-order valence-corrected chi connectivity index (χ4v) is 3.35. The van der Waals surface area contributed by atoms with E-state index >= 15 is 0 Å². The predicted molar refractivity (Wildman–Crippen MR) is 88.0 cm³/mol. The number of aromatic hydroxyl groups is 1. The molecule has 0 radical (unpaired) electrons. The molecule has 0 saturated heterocycles. The molecule has 0 aliphatic carbocycles. The highest BCUT2D eigenvalue weighted by Crippen LogP contribution is 2.33. The molecule has 0 bridgehead atoms. The van der Waals surface area contributed by atoms with Crippen LogP contribution in [0.3, 0.4) is 0 Å². The van der Waals surface area contributed by atoms with Gasteiger partial charge in [-0.2, -0.15) is 0 Å². The average Bonchev–Trinajstić information content (AvgIpc) is 2.52. The van der Waals surface area contributed by atoms with E-state index < -0.39 is 0 Å². The number of ether oxygens (including phenoxy) is 2. The van der Waals surface area contributed by atoms with E-state index in [1.165, 1.54) is 19.2 Å². The zero-order chi connectivity index (χ0) is 16.1. The van der Waals surface area contributed by atoms with Crippen molar-refractivity contribution >= 4 is 19.2 Å². The number of phenols is 1. The lowest BCUT2D eigenvalue weighted by atomic mass is 10.2. The van der Waals surface area contributed by atoms with Gasteiger partial charge in [-0.3, -0.25) is 0 Å². The van der Waals surface area contributed by atoms with Crippen molar-refractivity contribution in [1.82, 2.24) is 5.32 Å². The maximum absolute atomic E-state index is 13.4. The third kappa shape index (κ3) is 3.67. The first-order valence-electron chi connectivity index (χ1n) is 6.74. The van der Waals surface area contributed by atoms with Crippen molar-refractivity contribution in [3.8, 4) is 17.2 Å². The highest BCUT2D eigenvalue weighted by Gasteiger charge is 2.13. The number of hydrogen-bond donors (Lipinski definition) is 2. The second-order valence-corrected chi connectivity index (χ2v) is 6.01. The Labute approximate surface area is 131 Å². The largest absolute Gasteiger partial charge is 0.504 e. The van der Waals surface area contributed by atoms with E-state index in [-0.39, 0.29) is 20.1 Å². The van der Waals surface area contributed by atoms with Gasteiger partial charge < -0.3 is 19.9 Å². The molecule has 0 spiro atoms. The van der Waals surface area contributed by atoms with Crippen molar-refractivity contribution in [2.24, 2.45) is 0 Å². The Morgan fingerprint density at radius 2 is 1.91 bits per heavy atom. The van der Waals surface area contributed by atoms with E-state index in [4.69, 9.17) is 9.47 Å². The van der Waals surface area contributed by atoms with Crippen LogP contribution >= 0.6 is 8.58 Å². The molecule has 1 unspecified atom stereocenters. The van der Waals surface area contributed by atoms with Crippen LogP contribution in [0.4, 0.5) is 4.39 Å². The number of rotatable bonds is 6. The molecule has 6 heteroatoms. The summed E-state index contributed by atoms with van der Waals surface area (Å²) >= 11 is 0. The normalized spacial score (nSPS) is 11.1. The summed E-state index contributed by atoms with van der Waals surface area (Å²) in [7, 11) is 5.02. The number of halogens is 1. The molecule has 22 heavy (non-hydrogen) atoms. The Balaban J connectivity index is 2.42. The summed E-state index contributed by atoms with van der Waals surface area (Å²) in [6.45, 7) is 0.557. The van der Waals surface area contributed by atoms with Crippen LogP contribution in [-0.2, 0) is 6.54 Å². The summed E-state index contributed by atoms with van der Waals surface area (Å²) < 4.78 is 23.8. The Hall–Kier alpha value is -1.84. The maximum Gasteiger partial charge on any atom is 0.165 e. The number of methoxy groups -OCH3 is 2. The van der Waals surface area contributed by atoms with Gasteiger partial charge in [-0.05, 0) is 36.1 Å². The highest BCUT2D eigenvalue weighted by atomic mass is 31.1. The second kappa shape index (κ2) is 7.43. The number of phenolic OH excluding ortho intramolecular Hbond substituents is 1. The molecule has 0 fully saturated rings. The van der Waals surface area contributed by atoms with Gasteiger partial charge in [0.05, 0.1) is 14.2 Å². The number of benzene rings is 2. The lowest BCUT2D eigenvalue weighted by molar-refractivity contribution is 0.366. The van der Waals surface area contributed by atoms with Gasteiger partial charge in [0.2, 0.25) is 0 Å². The van der Waals surface area contributed by atoms with Crippen LogP contribution in [0.2, 0.25) is 0 Å². The molecule has 0 aromatic heterocycles. The van der Waals surface area contributed by atoms with Crippen molar-refractivity contribution in [2.45, 2.75) is 6.54 Å². The second-order valence-electron chi connectivity index (χ2n) is 4.68. The summed E-state index contributed by atoms with van der Waals surface area (Å²) in [5.41, 5.74) is 0.863.